The van der Waals surface area contributed by atoms with Crippen LogP contribution in [0.4, 0.5) is 0 Å². The van der Waals surface area contributed by atoms with Gasteiger partial charge in [0.1, 0.15) is 17.2 Å². The van der Waals surface area contributed by atoms with E-state index in [-0.39, 0.29) is 40.0 Å². The lowest BCUT2D eigenvalue weighted by Gasteiger charge is -2.37. The van der Waals surface area contributed by atoms with Gasteiger partial charge < -0.3 is 18.6 Å². The maximum atomic E-state index is 6.23. The van der Waals surface area contributed by atoms with Gasteiger partial charge in [-0.25, -0.2) is 9.97 Å². The number of rotatable bonds is 3. The summed E-state index contributed by atoms with van der Waals surface area (Å²) in [5.74, 6) is -0.0553. The van der Waals surface area contributed by atoms with Crippen molar-refractivity contribution in [3.05, 3.63) is 16.8 Å². The normalized spacial score (nSPS) is 38.7. The maximum absolute atomic E-state index is 6.23. The minimum absolute atomic E-state index is 0.0592. The lowest BCUT2D eigenvalue weighted by molar-refractivity contribution is -0.148. The Kier molecular flexibility index (Phi) is 3.12. The van der Waals surface area contributed by atoms with E-state index in [0.29, 0.717) is 17.8 Å². The second-order valence-corrected chi connectivity index (χ2v) is 7.99. The summed E-state index contributed by atoms with van der Waals surface area (Å²) in [7, 11) is 2.30. The van der Waals surface area contributed by atoms with Crippen molar-refractivity contribution in [2.24, 2.45) is 11.8 Å². The zero-order chi connectivity index (χ0) is 16.9. The van der Waals surface area contributed by atoms with E-state index in [1.54, 1.807) is 6.33 Å². The molecule has 7 nitrogen and oxygen atoms in total. The average molecular weight is 389 g/mol. The van der Waals surface area contributed by atoms with Gasteiger partial charge in [-0.3, -0.25) is 0 Å². The zero-order valence-electron chi connectivity index (χ0n) is 12.9. The van der Waals surface area contributed by atoms with E-state index in [0.717, 1.165) is 0 Å². The molecule has 1 aliphatic heterocycles. The van der Waals surface area contributed by atoms with Gasteiger partial charge >= 0.3 is 0 Å². The third-order valence-electron chi connectivity index (χ3n) is 5.33. The summed E-state index contributed by atoms with van der Waals surface area (Å²) in [4.78, 5) is 12.6. The predicted octanol–water partition coefficient (Wildman–Crippen LogP) is 2.63. The summed E-state index contributed by atoms with van der Waals surface area (Å²) in [5.41, 5.74) is 0.877. The third-order valence-corrected chi connectivity index (χ3v) is 5.95. The summed E-state index contributed by atoms with van der Waals surface area (Å²) < 4.78 is 19.7. The number of ether oxygens (including phenoxy) is 2. The molecule has 3 aliphatic rings. The quantitative estimate of drug-likeness (QED) is 0.457. The molecule has 128 valence electrons. The van der Waals surface area contributed by atoms with Gasteiger partial charge in [0.2, 0.25) is 5.28 Å². The van der Waals surface area contributed by atoms with E-state index in [1.165, 1.54) is 0 Å². The first kappa shape index (κ1) is 15.7. The molecule has 3 heterocycles. The Hall–Kier alpha value is -0.560. The molecule has 2 aromatic heterocycles. The molecule has 2 unspecified atom stereocenters. The van der Waals surface area contributed by atoms with Gasteiger partial charge in [-0.2, -0.15) is 4.98 Å². The van der Waals surface area contributed by atoms with E-state index in [4.69, 9.17) is 37.2 Å². The van der Waals surface area contributed by atoms with Crippen LogP contribution in [-0.4, -0.2) is 43.6 Å². The van der Waals surface area contributed by atoms with Crippen molar-refractivity contribution in [1.29, 1.82) is 0 Å². The molecule has 1 saturated heterocycles. The SMILES string of the molecule is CC1(C)OC2[C@H](n3cnc4c(Cl)nc(Cl)nc43)[C@@H]3[C@H](COP)[C@]23O1. The summed E-state index contributed by atoms with van der Waals surface area (Å²) in [6, 6.07) is 0.0592. The highest BCUT2D eigenvalue weighted by Crippen LogP contribution is 2.77. The molecular formula is C14H15Cl2N4O3P. The van der Waals surface area contributed by atoms with E-state index in [9.17, 15) is 0 Å². The first-order chi connectivity index (χ1) is 11.4. The van der Waals surface area contributed by atoms with Crippen molar-refractivity contribution in [1.82, 2.24) is 19.5 Å². The highest BCUT2D eigenvalue weighted by atomic mass is 35.5. The van der Waals surface area contributed by atoms with Gasteiger partial charge in [0.25, 0.3) is 0 Å². The van der Waals surface area contributed by atoms with Crippen molar-refractivity contribution in [3.63, 3.8) is 0 Å². The van der Waals surface area contributed by atoms with E-state index < -0.39 is 5.79 Å². The molecule has 5 rings (SSSR count). The van der Waals surface area contributed by atoms with Gasteiger partial charge in [-0.05, 0) is 25.4 Å². The molecule has 0 aromatic carbocycles. The molecule has 0 amide bonds. The van der Waals surface area contributed by atoms with Crippen LogP contribution in [0.5, 0.6) is 0 Å². The highest BCUT2D eigenvalue weighted by molar-refractivity contribution is 7.09. The summed E-state index contributed by atoms with van der Waals surface area (Å²) in [5, 5.41) is 0.350. The smallest absolute Gasteiger partial charge is 0.225 e. The predicted molar refractivity (Wildman–Crippen MR) is 89.8 cm³/mol. The van der Waals surface area contributed by atoms with Crippen molar-refractivity contribution in [2.45, 2.75) is 37.4 Å². The average Bonchev–Trinajstić information content (AvgIpc) is 2.77. The van der Waals surface area contributed by atoms with Crippen molar-refractivity contribution in [3.8, 4) is 0 Å². The van der Waals surface area contributed by atoms with Crippen LogP contribution in [0.1, 0.15) is 19.9 Å². The number of halogens is 2. The molecule has 6 atom stereocenters. The van der Waals surface area contributed by atoms with E-state index in [1.807, 2.05) is 18.4 Å². The topological polar surface area (TPSA) is 71.3 Å². The second kappa shape index (κ2) is 4.78. The fourth-order valence-corrected chi connectivity index (χ4v) is 5.21. The Balaban J connectivity index is 1.59. The van der Waals surface area contributed by atoms with Gasteiger partial charge in [0, 0.05) is 21.3 Å². The zero-order valence-corrected chi connectivity index (χ0v) is 15.6. The van der Waals surface area contributed by atoms with Crippen LogP contribution in [0.2, 0.25) is 10.4 Å². The van der Waals surface area contributed by atoms with Crippen LogP contribution < -0.4 is 0 Å². The molecule has 0 N–H and O–H groups in total. The van der Waals surface area contributed by atoms with Crippen molar-refractivity contribution < 1.29 is 14.0 Å². The molecule has 10 heteroatoms. The fraction of sp³-hybridized carbons (Fsp3) is 0.643. The Morgan fingerprint density at radius 1 is 1.38 bits per heavy atom. The van der Waals surface area contributed by atoms with E-state index >= 15 is 0 Å². The van der Waals surface area contributed by atoms with Crippen LogP contribution in [-0.2, 0) is 14.0 Å². The lowest BCUT2D eigenvalue weighted by Crippen LogP contribution is -2.47. The lowest BCUT2D eigenvalue weighted by atomic mass is 9.85. The van der Waals surface area contributed by atoms with Crippen molar-refractivity contribution in [2.75, 3.05) is 6.61 Å². The Bertz CT molecular complexity index is 862. The number of hydrogen-bond donors (Lipinski definition) is 0. The number of aromatic nitrogens is 4. The molecular weight excluding hydrogens is 374 g/mol. The first-order valence-electron chi connectivity index (χ1n) is 7.64. The number of hydrogen-bond acceptors (Lipinski definition) is 6. The Morgan fingerprint density at radius 2 is 2.17 bits per heavy atom. The molecule has 24 heavy (non-hydrogen) atoms. The molecule has 2 saturated carbocycles. The Labute approximate surface area is 150 Å². The minimum Gasteiger partial charge on any atom is -0.365 e. The van der Waals surface area contributed by atoms with Crippen LogP contribution in [0.15, 0.2) is 6.33 Å². The van der Waals surface area contributed by atoms with Gasteiger partial charge in [0.15, 0.2) is 16.6 Å². The molecule has 0 radical (unpaired) electrons. The van der Waals surface area contributed by atoms with Gasteiger partial charge in [-0.15, -0.1) is 0 Å². The van der Waals surface area contributed by atoms with Gasteiger partial charge in [-0.1, -0.05) is 11.6 Å². The number of imidazole rings is 1. The van der Waals surface area contributed by atoms with Crippen LogP contribution in [0, 0.1) is 11.8 Å². The minimum atomic E-state index is -0.617. The first-order valence-corrected chi connectivity index (χ1v) is 8.87. The van der Waals surface area contributed by atoms with Crippen LogP contribution >= 0.6 is 32.7 Å². The molecule has 3 fully saturated rings. The van der Waals surface area contributed by atoms with Crippen LogP contribution in [0.3, 0.4) is 0 Å². The summed E-state index contributed by atoms with van der Waals surface area (Å²) in [6.07, 6.45) is 1.65. The molecule has 2 aromatic rings. The Morgan fingerprint density at radius 3 is 2.92 bits per heavy atom. The fourth-order valence-electron chi connectivity index (χ4n) is 4.58. The van der Waals surface area contributed by atoms with Crippen molar-refractivity contribution >= 4 is 43.8 Å². The summed E-state index contributed by atoms with van der Waals surface area (Å²) in [6.45, 7) is 4.48. The van der Waals surface area contributed by atoms with Gasteiger partial charge in [0.05, 0.1) is 19.0 Å². The standard InChI is InChI=1S/C14H15Cl2N4O3P/c1-13(2)22-9-8(6-5(3-21-24)14(6,9)23-13)20-4-17-7-10(15)18-12(16)19-11(7)20/h4-6,8-9H,3,24H2,1-2H3/t5-,6-,8+,9?,14+/m0/s1. The molecule has 2 aliphatic carbocycles. The molecule has 0 bridgehead atoms. The maximum Gasteiger partial charge on any atom is 0.225 e. The second-order valence-electron chi connectivity index (χ2n) is 6.96. The largest absolute Gasteiger partial charge is 0.365 e. The van der Waals surface area contributed by atoms with Crippen LogP contribution in [0.25, 0.3) is 11.2 Å². The summed E-state index contributed by atoms with van der Waals surface area (Å²) >= 11 is 12.1. The third kappa shape index (κ3) is 1.81. The number of nitrogens with zero attached hydrogens (tertiary/aromatic N) is 4. The van der Waals surface area contributed by atoms with E-state index in [2.05, 4.69) is 24.4 Å². The molecule has 1 spiro atoms. The highest BCUT2D eigenvalue weighted by Gasteiger charge is 2.88. The number of fused-ring (bicyclic) bond motifs is 1. The monoisotopic (exact) mass is 388 g/mol.